The van der Waals surface area contributed by atoms with Gasteiger partial charge in [0.2, 0.25) is 0 Å². The van der Waals surface area contributed by atoms with Crippen molar-refractivity contribution >= 4 is 17.3 Å². The Hall–Kier alpha value is -3.47. The molecule has 0 amide bonds. The van der Waals surface area contributed by atoms with E-state index in [1.54, 1.807) is 0 Å². The van der Waals surface area contributed by atoms with Gasteiger partial charge in [0.05, 0.1) is 5.56 Å². The molecule has 1 atom stereocenters. The molecule has 1 saturated heterocycles. The normalized spacial score (nSPS) is 22.6. The van der Waals surface area contributed by atoms with E-state index < -0.39 is 5.60 Å². The van der Waals surface area contributed by atoms with E-state index in [2.05, 4.69) is 53.2 Å². The molecule has 184 valence electrons. The van der Waals surface area contributed by atoms with Gasteiger partial charge >= 0.3 is 5.97 Å². The van der Waals surface area contributed by atoms with Crippen LogP contribution >= 0.6 is 0 Å². The lowest BCUT2D eigenvalue weighted by molar-refractivity contribution is 0.0224. The van der Waals surface area contributed by atoms with Crippen LogP contribution in [0.1, 0.15) is 72.0 Å². The molecular formula is C31H32N2O3. The van der Waals surface area contributed by atoms with Crippen LogP contribution in [0.5, 0.6) is 11.5 Å². The Morgan fingerprint density at radius 2 is 1.64 bits per heavy atom. The first kappa shape index (κ1) is 21.8. The maximum absolute atomic E-state index is 13.2. The lowest BCUT2D eigenvalue weighted by Gasteiger charge is -2.38. The van der Waals surface area contributed by atoms with Gasteiger partial charge in [-0.15, -0.1) is 0 Å². The number of anilines is 2. The summed E-state index contributed by atoms with van der Waals surface area (Å²) in [6.07, 6.45) is 8.78. The molecule has 3 aromatic carbocycles. The van der Waals surface area contributed by atoms with Gasteiger partial charge in [0, 0.05) is 60.3 Å². The summed E-state index contributed by atoms with van der Waals surface area (Å²) in [5, 5.41) is 0. The number of carbonyl (C=O) groups excluding carboxylic acids is 1. The molecule has 1 spiro atoms. The van der Waals surface area contributed by atoms with Crippen LogP contribution in [0.3, 0.4) is 0 Å². The molecule has 0 aromatic heterocycles. The van der Waals surface area contributed by atoms with Crippen LogP contribution in [0.25, 0.3) is 0 Å². The standard InChI is InChI=1S/C31H32N2O3/c1-32(21-9-3-2-4-10-21)22-13-15-26-29(20-22)35-28-16-14-23(33-17-7-8-18-33)19-27(28)31(26)25-12-6-5-11-24(25)30(34)36-31/h5-6,11-16,19-21H,2-4,7-10,17-18H2,1H3. The first-order valence-electron chi connectivity index (χ1n) is 13.4. The molecule has 36 heavy (non-hydrogen) atoms. The quantitative estimate of drug-likeness (QED) is 0.394. The molecule has 1 saturated carbocycles. The third-order valence-electron chi connectivity index (χ3n) is 8.68. The number of fused-ring (bicyclic) bond motifs is 6. The van der Waals surface area contributed by atoms with E-state index in [-0.39, 0.29) is 5.97 Å². The van der Waals surface area contributed by atoms with Crippen molar-refractivity contribution < 1.29 is 14.3 Å². The second-order valence-electron chi connectivity index (χ2n) is 10.7. The van der Waals surface area contributed by atoms with Crippen LogP contribution in [0, 0.1) is 0 Å². The predicted octanol–water partition coefficient (Wildman–Crippen LogP) is 6.62. The van der Waals surface area contributed by atoms with Gasteiger partial charge in [-0.1, -0.05) is 37.5 Å². The molecule has 5 heteroatoms. The second kappa shape index (κ2) is 8.29. The molecule has 3 heterocycles. The maximum Gasteiger partial charge on any atom is 0.340 e. The fourth-order valence-electron chi connectivity index (χ4n) is 6.72. The van der Waals surface area contributed by atoms with E-state index in [0.29, 0.717) is 11.6 Å². The summed E-state index contributed by atoms with van der Waals surface area (Å²) in [6.45, 7) is 2.10. The van der Waals surface area contributed by atoms with Crippen LogP contribution in [0.2, 0.25) is 0 Å². The Balaban J connectivity index is 1.39. The first-order valence-corrected chi connectivity index (χ1v) is 13.4. The zero-order valence-corrected chi connectivity index (χ0v) is 20.8. The molecule has 2 fully saturated rings. The van der Waals surface area contributed by atoms with Crippen LogP contribution in [-0.2, 0) is 10.3 Å². The Morgan fingerprint density at radius 1 is 0.833 bits per heavy atom. The summed E-state index contributed by atoms with van der Waals surface area (Å²) in [6, 6.07) is 21.2. The Bertz CT molecular complexity index is 1340. The van der Waals surface area contributed by atoms with Crippen molar-refractivity contribution in [3.8, 4) is 11.5 Å². The van der Waals surface area contributed by atoms with Crippen LogP contribution in [0.4, 0.5) is 11.4 Å². The van der Waals surface area contributed by atoms with Crippen LogP contribution < -0.4 is 14.5 Å². The van der Waals surface area contributed by atoms with Gasteiger partial charge in [0.1, 0.15) is 11.5 Å². The number of hydrogen-bond acceptors (Lipinski definition) is 5. The zero-order valence-electron chi connectivity index (χ0n) is 20.8. The fraction of sp³-hybridized carbons (Fsp3) is 0.387. The highest BCUT2D eigenvalue weighted by Crippen LogP contribution is 2.57. The smallest absolute Gasteiger partial charge is 0.340 e. The largest absolute Gasteiger partial charge is 0.456 e. The van der Waals surface area contributed by atoms with Gasteiger partial charge in [0.15, 0.2) is 5.60 Å². The third kappa shape index (κ3) is 3.18. The van der Waals surface area contributed by atoms with Gasteiger partial charge < -0.3 is 19.3 Å². The Morgan fingerprint density at radius 3 is 2.47 bits per heavy atom. The summed E-state index contributed by atoms with van der Waals surface area (Å²) in [7, 11) is 2.19. The zero-order chi connectivity index (χ0) is 24.3. The highest BCUT2D eigenvalue weighted by atomic mass is 16.6. The molecule has 7 rings (SSSR count). The molecule has 1 unspecified atom stereocenters. The van der Waals surface area contributed by atoms with Gasteiger partial charge in [-0.3, -0.25) is 0 Å². The summed E-state index contributed by atoms with van der Waals surface area (Å²) < 4.78 is 13.0. The van der Waals surface area contributed by atoms with E-state index >= 15 is 0 Å². The van der Waals surface area contributed by atoms with Gasteiger partial charge in [-0.2, -0.15) is 0 Å². The number of hydrogen-bond donors (Lipinski definition) is 0. The monoisotopic (exact) mass is 480 g/mol. The molecule has 3 aromatic rings. The molecule has 1 aliphatic carbocycles. The highest BCUT2D eigenvalue weighted by molar-refractivity contribution is 5.97. The minimum Gasteiger partial charge on any atom is -0.456 e. The average Bonchev–Trinajstić information content (AvgIpc) is 3.57. The van der Waals surface area contributed by atoms with E-state index in [0.717, 1.165) is 52.7 Å². The van der Waals surface area contributed by atoms with Gasteiger partial charge in [-0.25, -0.2) is 4.79 Å². The third-order valence-corrected chi connectivity index (χ3v) is 8.68. The SMILES string of the molecule is CN(c1ccc2c(c1)Oc1ccc(N3CCCC3)cc1C21OC(=O)c2ccccc21)C1CCCCC1. The molecule has 0 N–H and O–H groups in total. The number of esters is 1. The topological polar surface area (TPSA) is 42.0 Å². The molecule has 4 aliphatic rings. The molecule has 0 bridgehead atoms. The van der Waals surface area contributed by atoms with Crippen molar-refractivity contribution in [3.05, 3.63) is 82.9 Å². The fourth-order valence-corrected chi connectivity index (χ4v) is 6.72. The second-order valence-corrected chi connectivity index (χ2v) is 10.7. The predicted molar refractivity (Wildman–Crippen MR) is 141 cm³/mol. The van der Waals surface area contributed by atoms with Crippen LogP contribution in [0.15, 0.2) is 60.7 Å². The van der Waals surface area contributed by atoms with E-state index in [4.69, 9.17) is 9.47 Å². The number of ether oxygens (including phenoxy) is 2. The molecule has 3 aliphatic heterocycles. The lowest BCUT2D eigenvalue weighted by Crippen LogP contribution is -2.35. The average molecular weight is 481 g/mol. The van der Waals surface area contributed by atoms with Crippen LogP contribution in [-0.4, -0.2) is 32.1 Å². The lowest BCUT2D eigenvalue weighted by atomic mass is 9.77. The number of rotatable bonds is 3. The molecule has 5 nitrogen and oxygen atoms in total. The van der Waals surface area contributed by atoms with Gasteiger partial charge in [-0.05, 0) is 62.1 Å². The number of carbonyl (C=O) groups is 1. The summed E-state index contributed by atoms with van der Waals surface area (Å²) >= 11 is 0. The minimum atomic E-state index is -1.01. The number of nitrogens with zero attached hydrogens (tertiary/aromatic N) is 2. The van der Waals surface area contributed by atoms with E-state index in [1.165, 1.54) is 44.9 Å². The maximum atomic E-state index is 13.2. The first-order chi connectivity index (χ1) is 17.6. The van der Waals surface area contributed by atoms with Crippen molar-refractivity contribution in [1.29, 1.82) is 0 Å². The molecular weight excluding hydrogens is 448 g/mol. The van der Waals surface area contributed by atoms with E-state index in [9.17, 15) is 4.79 Å². The van der Waals surface area contributed by atoms with Crippen molar-refractivity contribution in [2.24, 2.45) is 0 Å². The summed E-state index contributed by atoms with van der Waals surface area (Å²) in [4.78, 5) is 18.0. The molecule has 0 radical (unpaired) electrons. The minimum absolute atomic E-state index is 0.278. The summed E-state index contributed by atoms with van der Waals surface area (Å²) in [5.41, 5.74) is 4.63. The van der Waals surface area contributed by atoms with Gasteiger partial charge in [0.25, 0.3) is 0 Å². The van der Waals surface area contributed by atoms with Crippen molar-refractivity contribution in [2.45, 2.75) is 56.6 Å². The Labute approximate surface area is 212 Å². The van der Waals surface area contributed by atoms with Crippen molar-refractivity contribution in [2.75, 3.05) is 29.9 Å². The van der Waals surface area contributed by atoms with Crippen molar-refractivity contribution in [1.82, 2.24) is 0 Å². The van der Waals surface area contributed by atoms with Crippen molar-refractivity contribution in [3.63, 3.8) is 0 Å². The van der Waals surface area contributed by atoms with E-state index in [1.807, 2.05) is 24.3 Å². The number of benzene rings is 3. The highest BCUT2D eigenvalue weighted by Gasteiger charge is 2.53. The Kier molecular flexibility index (Phi) is 5.02. The summed E-state index contributed by atoms with van der Waals surface area (Å²) in [5.74, 6) is 1.24.